The molecule has 2 aromatic carbocycles. The third-order valence-corrected chi connectivity index (χ3v) is 4.19. The van der Waals surface area contributed by atoms with Crippen LogP contribution in [0.15, 0.2) is 54.6 Å². The summed E-state index contributed by atoms with van der Waals surface area (Å²) in [5.74, 6) is -1.11. The Morgan fingerprint density at radius 2 is 1.86 bits per heavy atom. The SMILES string of the molecule is O=C(O)C1CCCN1C(c1ccccc1)c1cccc(F)c1. The fourth-order valence-corrected chi connectivity index (χ4v) is 3.25. The number of carbonyl (C=O) groups is 1. The van der Waals surface area contributed by atoms with Gasteiger partial charge >= 0.3 is 5.97 Å². The molecule has 3 nitrogen and oxygen atoms in total. The normalized spacial score (nSPS) is 20.0. The van der Waals surface area contributed by atoms with E-state index < -0.39 is 12.0 Å². The van der Waals surface area contributed by atoms with Crippen LogP contribution in [0.4, 0.5) is 4.39 Å². The number of rotatable bonds is 4. The smallest absolute Gasteiger partial charge is 0.320 e. The van der Waals surface area contributed by atoms with Gasteiger partial charge in [0.2, 0.25) is 0 Å². The minimum absolute atomic E-state index is 0.236. The number of likely N-dealkylation sites (tertiary alicyclic amines) is 1. The minimum atomic E-state index is -0.810. The Morgan fingerprint density at radius 1 is 1.14 bits per heavy atom. The highest BCUT2D eigenvalue weighted by Gasteiger charge is 2.36. The zero-order valence-corrected chi connectivity index (χ0v) is 12.2. The fourth-order valence-electron chi connectivity index (χ4n) is 3.25. The highest BCUT2D eigenvalue weighted by atomic mass is 19.1. The molecule has 1 aliphatic rings. The largest absolute Gasteiger partial charge is 0.480 e. The Kier molecular flexibility index (Phi) is 4.20. The third-order valence-electron chi connectivity index (χ3n) is 4.19. The summed E-state index contributed by atoms with van der Waals surface area (Å²) in [4.78, 5) is 13.5. The van der Waals surface area contributed by atoms with Crippen molar-refractivity contribution in [3.63, 3.8) is 0 Å². The van der Waals surface area contributed by atoms with Gasteiger partial charge in [0.25, 0.3) is 0 Å². The summed E-state index contributed by atoms with van der Waals surface area (Å²) >= 11 is 0. The quantitative estimate of drug-likeness (QED) is 0.940. The number of carboxylic acids is 1. The lowest BCUT2D eigenvalue weighted by molar-refractivity contribution is -0.142. The average molecular weight is 299 g/mol. The summed E-state index contributed by atoms with van der Waals surface area (Å²) in [5, 5.41) is 9.47. The van der Waals surface area contributed by atoms with Gasteiger partial charge in [-0.05, 0) is 36.1 Å². The number of aliphatic carboxylic acids is 1. The molecule has 1 aliphatic heterocycles. The van der Waals surface area contributed by atoms with E-state index in [-0.39, 0.29) is 11.9 Å². The Hall–Kier alpha value is -2.20. The van der Waals surface area contributed by atoms with E-state index in [9.17, 15) is 14.3 Å². The van der Waals surface area contributed by atoms with E-state index in [0.29, 0.717) is 13.0 Å². The van der Waals surface area contributed by atoms with Gasteiger partial charge in [-0.2, -0.15) is 0 Å². The summed E-state index contributed by atoms with van der Waals surface area (Å²) in [6.07, 6.45) is 1.48. The van der Waals surface area contributed by atoms with Crippen molar-refractivity contribution in [2.45, 2.75) is 24.9 Å². The van der Waals surface area contributed by atoms with Gasteiger partial charge in [-0.3, -0.25) is 9.69 Å². The molecule has 0 spiro atoms. The van der Waals surface area contributed by atoms with Gasteiger partial charge in [0.1, 0.15) is 11.9 Å². The summed E-state index contributed by atoms with van der Waals surface area (Å²) in [6, 6.07) is 15.4. The molecule has 1 fully saturated rings. The number of carboxylic acid groups (broad SMARTS) is 1. The van der Waals surface area contributed by atoms with Crippen LogP contribution in [0.3, 0.4) is 0 Å². The van der Waals surface area contributed by atoms with Crippen LogP contribution in [0.1, 0.15) is 30.0 Å². The Bertz CT molecular complexity index is 659. The maximum absolute atomic E-state index is 13.7. The second-order valence-corrected chi connectivity index (χ2v) is 5.60. The van der Waals surface area contributed by atoms with Crippen LogP contribution in [-0.2, 0) is 4.79 Å². The van der Waals surface area contributed by atoms with Crippen molar-refractivity contribution in [3.8, 4) is 0 Å². The number of hydrogen-bond acceptors (Lipinski definition) is 2. The van der Waals surface area contributed by atoms with E-state index in [1.54, 1.807) is 6.07 Å². The zero-order valence-electron chi connectivity index (χ0n) is 12.2. The van der Waals surface area contributed by atoms with E-state index in [1.807, 2.05) is 41.3 Å². The third kappa shape index (κ3) is 2.88. The molecule has 1 N–H and O–H groups in total. The van der Waals surface area contributed by atoms with E-state index in [0.717, 1.165) is 17.5 Å². The maximum Gasteiger partial charge on any atom is 0.320 e. The van der Waals surface area contributed by atoms with Gasteiger partial charge < -0.3 is 5.11 Å². The van der Waals surface area contributed by atoms with Crippen molar-refractivity contribution in [2.75, 3.05) is 6.54 Å². The monoisotopic (exact) mass is 299 g/mol. The average Bonchev–Trinajstić information content (AvgIpc) is 2.98. The Morgan fingerprint density at radius 3 is 2.55 bits per heavy atom. The summed E-state index contributed by atoms with van der Waals surface area (Å²) in [7, 11) is 0. The molecule has 0 bridgehead atoms. The number of hydrogen-bond donors (Lipinski definition) is 1. The molecule has 22 heavy (non-hydrogen) atoms. The Balaban J connectivity index is 2.05. The van der Waals surface area contributed by atoms with Crippen molar-refractivity contribution in [2.24, 2.45) is 0 Å². The van der Waals surface area contributed by atoms with Crippen molar-refractivity contribution >= 4 is 5.97 Å². The number of benzene rings is 2. The van der Waals surface area contributed by atoms with Crippen molar-refractivity contribution in [1.29, 1.82) is 0 Å². The van der Waals surface area contributed by atoms with Crippen LogP contribution in [0, 0.1) is 5.82 Å². The lowest BCUT2D eigenvalue weighted by Gasteiger charge is -2.32. The predicted molar refractivity (Wildman–Crippen MR) is 82.0 cm³/mol. The lowest BCUT2D eigenvalue weighted by atomic mass is 9.96. The molecule has 2 atom stereocenters. The predicted octanol–water partition coefficient (Wildman–Crippen LogP) is 3.46. The van der Waals surface area contributed by atoms with E-state index in [4.69, 9.17) is 0 Å². The van der Waals surface area contributed by atoms with E-state index in [1.165, 1.54) is 12.1 Å². The highest BCUT2D eigenvalue weighted by Crippen LogP contribution is 2.34. The van der Waals surface area contributed by atoms with Gasteiger partial charge in [-0.25, -0.2) is 4.39 Å². The van der Waals surface area contributed by atoms with Crippen LogP contribution in [0.25, 0.3) is 0 Å². The van der Waals surface area contributed by atoms with E-state index >= 15 is 0 Å². The lowest BCUT2D eigenvalue weighted by Crippen LogP contribution is -2.39. The molecule has 4 heteroatoms. The van der Waals surface area contributed by atoms with Crippen molar-refractivity contribution < 1.29 is 14.3 Å². The first-order chi connectivity index (χ1) is 10.7. The van der Waals surface area contributed by atoms with Gasteiger partial charge in [0.05, 0.1) is 6.04 Å². The van der Waals surface area contributed by atoms with Crippen molar-refractivity contribution in [1.82, 2.24) is 4.90 Å². The van der Waals surface area contributed by atoms with Crippen LogP contribution >= 0.6 is 0 Å². The number of halogens is 1. The molecule has 2 aromatic rings. The molecule has 114 valence electrons. The first-order valence-corrected chi connectivity index (χ1v) is 7.46. The molecule has 1 saturated heterocycles. The van der Waals surface area contributed by atoms with Gasteiger partial charge in [-0.1, -0.05) is 42.5 Å². The molecule has 0 saturated carbocycles. The molecule has 1 heterocycles. The van der Waals surface area contributed by atoms with Gasteiger partial charge in [0.15, 0.2) is 0 Å². The zero-order chi connectivity index (χ0) is 15.5. The second-order valence-electron chi connectivity index (χ2n) is 5.60. The van der Waals surface area contributed by atoms with Crippen LogP contribution in [0.2, 0.25) is 0 Å². The van der Waals surface area contributed by atoms with Crippen LogP contribution < -0.4 is 0 Å². The summed E-state index contributed by atoms with van der Waals surface area (Å²) < 4.78 is 13.7. The van der Waals surface area contributed by atoms with Crippen molar-refractivity contribution in [3.05, 3.63) is 71.5 Å². The van der Waals surface area contributed by atoms with Crippen LogP contribution in [-0.4, -0.2) is 28.6 Å². The first-order valence-electron chi connectivity index (χ1n) is 7.46. The van der Waals surface area contributed by atoms with E-state index in [2.05, 4.69) is 0 Å². The first kappa shape index (κ1) is 14.7. The molecular weight excluding hydrogens is 281 g/mol. The van der Waals surface area contributed by atoms with Gasteiger partial charge in [0, 0.05) is 6.54 Å². The molecule has 3 rings (SSSR count). The summed E-state index contributed by atoms with van der Waals surface area (Å²) in [5.41, 5.74) is 1.78. The molecular formula is C18H18FNO2. The maximum atomic E-state index is 13.7. The number of nitrogens with zero attached hydrogens (tertiary/aromatic N) is 1. The summed E-state index contributed by atoms with van der Waals surface area (Å²) in [6.45, 7) is 0.701. The topological polar surface area (TPSA) is 40.5 Å². The molecule has 2 unspecified atom stereocenters. The second kappa shape index (κ2) is 6.28. The Labute approximate surface area is 129 Å². The van der Waals surface area contributed by atoms with Crippen LogP contribution in [0.5, 0.6) is 0 Å². The molecule has 0 aromatic heterocycles. The molecule has 0 amide bonds. The minimum Gasteiger partial charge on any atom is -0.480 e. The fraction of sp³-hybridized carbons (Fsp3) is 0.278. The van der Waals surface area contributed by atoms with Gasteiger partial charge in [-0.15, -0.1) is 0 Å². The highest BCUT2D eigenvalue weighted by molar-refractivity contribution is 5.74. The standard InChI is InChI=1S/C18H18FNO2/c19-15-9-4-8-14(12-15)17(13-6-2-1-3-7-13)20-11-5-10-16(20)18(21)22/h1-4,6-9,12,16-17H,5,10-11H2,(H,21,22). The molecule has 0 aliphatic carbocycles. The molecule has 0 radical (unpaired) electrons.